The fourth-order valence-corrected chi connectivity index (χ4v) is 1.93. The van der Waals surface area contributed by atoms with Gasteiger partial charge in [-0.2, -0.15) is 0 Å². The summed E-state index contributed by atoms with van der Waals surface area (Å²) in [6.07, 6.45) is 5.34. The maximum atomic E-state index is 11.8. The lowest BCUT2D eigenvalue weighted by Gasteiger charge is -2.24. The smallest absolute Gasteiger partial charge is 0.239 e. The van der Waals surface area contributed by atoms with E-state index in [0.717, 1.165) is 25.8 Å². The van der Waals surface area contributed by atoms with Gasteiger partial charge in [-0.05, 0) is 38.0 Å². The number of nitrogens with one attached hydrogen (secondary N) is 1. The highest BCUT2D eigenvalue weighted by atomic mass is 35.5. The molecule has 1 aliphatic rings. The molecule has 96 valence electrons. The summed E-state index contributed by atoms with van der Waals surface area (Å²) in [6, 6.07) is 0. The maximum absolute atomic E-state index is 11.8. The topological polar surface area (TPSA) is 55.1 Å². The molecule has 1 unspecified atom stereocenters. The van der Waals surface area contributed by atoms with E-state index in [0.29, 0.717) is 5.41 Å². The molecule has 0 aromatic rings. The largest absolute Gasteiger partial charge is 0.354 e. The normalized spacial score (nSPS) is 20.5. The first-order valence-electron chi connectivity index (χ1n) is 6.03. The van der Waals surface area contributed by atoms with E-state index >= 15 is 0 Å². The summed E-state index contributed by atoms with van der Waals surface area (Å²) in [5.74, 6) is 0.00377. The predicted octanol–water partition coefficient (Wildman–Crippen LogP) is 2.23. The molecular formula is C12H25ClN2O. The van der Waals surface area contributed by atoms with Gasteiger partial charge in [-0.1, -0.05) is 20.3 Å². The van der Waals surface area contributed by atoms with Crippen molar-refractivity contribution in [1.82, 2.24) is 5.32 Å². The third-order valence-corrected chi connectivity index (χ3v) is 3.62. The van der Waals surface area contributed by atoms with Gasteiger partial charge in [-0.15, -0.1) is 12.4 Å². The first-order chi connectivity index (χ1) is 6.96. The first-order valence-corrected chi connectivity index (χ1v) is 6.03. The minimum absolute atomic E-state index is 0. The molecule has 3 nitrogen and oxygen atoms in total. The predicted molar refractivity (Wildman–Crippen MR) is 69.7 cm³/mol. The minimum Gasteiger partial charge on any atom is -0.354 e. The van der Waals surface area contributed by atoms with Gasteiger partial charge in [-0.25, -0.2) is 0 Å². The van der Waals surface area contributed by atoms with Crippen LogP contribution in [-0.4, -0.2) is 18.0 Å². The standard InChI is InChI=1S/C12H24N2O.ClH/c1-4-6-11(3,13)10(15)14-9-12(5-2)7-8-12;/h4-9,13H2,1-3H3,(H,14,15);1H. The zero-order valence-corrected chi connectivity index (χ0v) is 11.5. The number of hydrogen-bond acceptors (Lipinski definition) is 2. The van der Waals surface area contributed by atoms with Crippen molar-refractivity contribution in [3.8, 4) is 0 Å². The average Bonchev–Trinajstić information content (AvgIpc) is 2.95. The molecule has 0 radical (unpaired) electrons. The van der Waals surface area contributed by atoms with Crippen LogP contribution in [0.15, 0.2) is 0 Å². The molecule has 3 N–H and O–H groups in total. The molecule has 4 heteroatoms. The van der Waals surface area contributed by atoms with Crippen LogP contribution in [0.4, 0.5) is 0 Å². The molecular weight excluding hydrogens is 224 g/mol. The Morgan fingerprint density at radius 2 is 2.00 bits per heavy atom. The van der Waals surface area contributed by atoms with Crippen LogP contribution in [0.2, 0.25) is 0 Å². The molecule has 1 atom stereocenters. The van der Waals surface area contributed by atoms with E-state index < -0.39 is 5.54 Å². The molecule has 1 rings (SSSR count). The van der Waals surface area contributed by atoms with E-state index in [9.17, 15) is 4.79 Å². The Bertz CT molecular complexity index is 237. The Hall–Kier alpha value is -0.280. The molecule has 1 amide bonds. The molecule has 16 heavy (non-hydrogen) atoms. The van der Waals surface area contributed by atoms with E-state index in [1.807, 2.05) is 13.8 Å². The van der Waals surface area contributed by atoms with Crippen LogP contribution in [0.1, 0.15) is 52.9 Å². The van der Waals surface area contributed by atoms with E-state index in [-0.39, 0.29) is 18.3 Å². The molecule has 1 aliphatic carbocycles. The third kappa shape index (κ3) is 3.95. The van der Waals surface area contributed by atoms with Crippen LogP contribution in [0.25, 0.3) is 0 Å². The minimum atomic E-state index is -0.696. The monoisotopic (exact) mass is 248 g/mol. The number of hydrogen-bond donors (Lipinski definition) is 2. The summed E-state index contributed by atoms with van der Waals surface area (Å²) < 4.78 is 0. The van der Waals surface area contributed by atoms with Crippen molar-refractivity contribution >= 4 is 18.3 Å². The summed E-state index contributed by atoms with van der Waals surface area (Å²) in [7, 11) is 0. The molecule has 0 aromatic carbocycles. The molecule has 0 bridgehead atoms. The molecule has 0 spiro atoms. The summed E-state index contributed by atoms with van der Waals surface area (Å²) in [4.78, 5) is 11.8. The highest BCUT2D eigenvalue weighted by Gasteiger charge is 2.41. The van der Waals surface area contributed by atoms with Crippen molar-refractivity contribution in [2.75, 3.05) is 6.54 Å². The molecule has 0 saturated heterocycles. The van der Waals surface area contributed by atoms with Gasteiger partial charge in [0.05, 0.1) is 5.54 Å². The van der Waals surface area contributed by atoms with Gasteiger partial charge in [0.1, 0.15) is 0 Å². The second-order valence-electron chi connectivity index (χ2n) is 5.20. The van der Waals surface area contributed by atoms with Crippen molar-refractivity contribution in [3.05, 3.63) is 0 Å². The Morgan fingerprint density at radius 3 is 2.38 bits per heavy atom. The highest BCUT2D eigenvalue weighted by molar-refractivity contribution is 5.85. The quantitative estimate of drug-likeness (QED) is 0.758. The van der Waals surface area contributed by atoms with Crippen molar-refractivity contribution in [3.63, 3.8) is 0 Å². The summed E-state index contributed by atoms with van der Waals surface area (Å²) in [6.45, 7) is 6.86. The van der Waals surface area contributed by atoms with Gasteiger partial charge >= 0.3 is 0 Å². The summed E-state index contributed by atoms with van der Waals surface area (Å²) >= 11 is 0. The summed E-state index contributed by atoms with van der Waals surface area (Å²) in [5, 5.41) is 3.00. The molecule has 0 heterocycles. The lowest BCUT2D eigenvalue weighted by atomic mass is 9.95. The van der Waals surface area contributed by atoms with Crippen molar-refractivity contribution < 1.29 is 4.79 Å². The van der Waals surface area contributed by atoms with Gasteiger partial charge in [-0.3, -0.25) is 4.79 Å². The number of nitrogens with two attached hydrogens (primary N) is 1. The molecule has 0 aliphatic heterocycles. The van der Waals surface area contributed by atoms with E-state index in [4.69, 9.17) is 5.73 Å². The number of amides is 1. The van der Waals surface area contributed by atoms with Crippen LogP contribution in [0.5, 0.6) is 0 Å². The fraction of sp³-hybridized carbons (Fsp3) is 0.917. The first kappa shape index (κ1) is 15.7. The fourth-order valence-electron chi connectivity index (χ4n) is 1.93. The van der Waals surface area contributed by atoms with Crippen molar-refractivity contribution in [2.45, 2.75) is 58.4 Å². The number of carbonyl (C=O) groups is 1. The Balaban J connectivity index is 0.00000225. The lowest BCUT2D eigenvalue weighted by Crippen LogP contribution is -2.52. The average molecular weight is 249 g/mol. The second kappa shape index (κ2) is 5.87. The maximum Gasteiger partial charge on any atom is 0.239 e. The Morgan fingerprint density at radius 1 is 1.44 bits per heavy atom. The number of rotatable bonds is 6. The lowest BCUT2D eigenvalue weighted by molar-refractivity contribution is -0.126. The van der Waals surface area contributed by atoms with Gasteiger partial charge in [0, 0.05) is 6.54 Å². The molecule has 1 fully saturated rings. The zero-order valence-electron chi connectivity index (χ0n) is 10.6. The van der Waals surface area contributed by atoms with E-state index in [1.165, 1.54) is 12.8 Å². The van der Waals surface area contributed by atoms with Crippen molar-refractivity contribution in [1.29, 1.82) is 0 Å². The van der Waals surface area contributed by atoms with Gasteiger partial charge in [0.2, 0.25) is 5.91 Å². The number of halogens is 1. The van der Waals surface area contributed by atoms with Gasteiger partial charge in [0.25, 0.3) is 0 Å². The molecule has 0 aromatic heterocycles. The van der Waals surface area contributed by atoms with Gasteiger partial charge < -0.3 is 11.1 Å². The van der Waals surface area contributed by atoms with Crippen LogP contribution in [0.3, 0.4) is 0 Å². The third-order valence-electron chi connectivity index (χ3n) is 3.62. The highest BCUT2D eigenvalue weighted by Crippen LogP contribution is 2.47. The van der Waals surface area contributed by atoms with Crippen molar-refractivity contribution in [2.24, 2.45) is 11.1 Å². The van der Waals surface area contributed by atoms with E-state index in [1.54, 1.807) is 0 Å². The summed E-state index contributed by atoms with van der Waals surface area (Å²) in [5.41, 5.74) is 5.65. The van der Waals surface area contributed by atoms with Crippen LogP contribution < -0.4 is 11.1 Å². The van der Waals surface area contributed by atoms with Crippen LogP contribution >= 0.6 is 12.4 Å². The number of carbonyl (C=O) groups excluding carboxylic acids is 1. The zero-order chi connectivity index (χ0) is 11.5. The van der Waals surface area contributed by atoms with Crippen LogP contribution in [0, 0.1) is 5.41 Å². The Labute approximate surface area is 105 Å². The second-order valence-corrected chi connectivity index (χ2v) is 5.20. The van der Waals surface area contributed by atoms with Gasteiger partial charge in [0.15, 0.2) is 0 Å². The van der Waals surface area contributed by atoms with E-state index in [2.05, 4.69) is 12.2 Å². The van der Waals surface area contributed by atoms with Crippen LogP contribution in [-0.2, 0) is 4.79 Å². The SMILES string of the molecule is CCCC(C)(N)C(=O)NCC1(CC)CC1.Cl. The molecule has 1 saturated carbocycles. The Kier molecular flexibility index (Phi) is 5.77.